The zero-order valence-electron chi connectivity index (χ0n) is 13.0. The normalized spacial score (nSPS) is 13.1. The quantitative estimate of drug-likeness (QED) is 0.767. The summed E-state index contributed by atoms with van der Waals surface area (Å²) in [6, 6.07) is 3.09. The lowest BCUT2D eigenvalue weighted by Gasteiger charge is -2.25. The first-order valence-corrected chi connectivity index (χ1v) is 7.64. The number of hydrogen-bond donors (Lipinski definition) is 2. The molecule has 1 aromatic rings. The van der Waals surface area contributed by atoms with Gasteiger partial charge in [-0.2, -0.15) is 0 Å². The SMILES string of the molecule is CCOc1c(Br)cc(C(=O)NC(C)(CC)C(=O)O)cc1OC. The van der Waals surface area contributed by atoms with Gasteiger partial charge in [-0.05, 0) is 48.3 Å². The van der Waals surface area contributed by atoms with Crippen molar-refractivity contribution in [3.05, 3.63) is 22.2 Å². The van der Waals surface area contributed by atoms with E-state index in [9.17, 15) is 14.7 Å². The predicted octanol–water partition coefficient (Wildman–Crippen LogP) is 2.84. The third kappa shape index (κ3) is 3.91. The molecule has 122 valence electrons. The van der Waals surface area contributed by atoms with Crippen molar-refractivity contribution in [2.45, 2.75) is 32.7 Å². The second kappa shape index (κ2) is 7.49. The van der Waals surface area contributed by atoms with Crippen LogP contribution in [0.15, 0.2) is 16.6 Å². The van der Waals surface area contributed by atoms with Crippen LogP contribution in [0.3, 0.4) is 0 Å². The van der Waals surface area contributed by atoms with Crippen molar-refractivity contribution < 1.29 is 24.2 Å². The van der Waals surface area contributed by atoms with Gasteiger partial charge in [0.2, 0.25) is 0 Å². The largest absolute Gasteiger partial charge is 0.493 e. The highest BCUT2D eigenvalue weighted by molar-refractivity contribution is 9.10. The Morgan fingerprint density at radius 2 is 2.00 bits per heavy atom. The summed E-state index contributed by atoms with van der Waals surface area (Å²) >= 11 is 3.33. The minimum Gasteiger partial charge on any atom is -0.493 e. The molecular weight excluding hydrogens is 354 g/mol. The van der Waals surface area contributed by atoms with Crippen LogP contribution in [0.1, 0.15) is 37.6 Å². The molecule has 1 aromatic carbocycles. The van der Waals surface area contributed by atoms with Gasteiger partial charge in [-0.25, -0.2) is 4.79 Å². The Bertz CT molecular complexity index is 575. The molecule has 0 heterocycles. The molecule has 2 N–H and O–H groups in total. The first kappa shape index (κ1) is 18.3. The molecule has 0 saturated heterocycles. The van der Waals surface area contributed by atoms with Gasteiger partial charge in [-0.15, -0.1) is 0 Å². The van der Waals surface area contributed by atoms with E-state index in [1.807, 2.05) is 6.92 Å². The van der Waals surface area contributed by atoms with Gasteiger partial charge in [0.25, 0.3) is 5.91 Å². The molecule has 1 atom stereocenters. The number of ether oxygens (including phenoxy) is 2. The predicted molar refractivity (Wildman–Crippen MR) is 85.7 cm³/mol. The van der Waals surface area contributed by atoms with Crippen molar-refractivity contribution in [1.82, 2.24) is 5.32 Å². The van der Waals surface area contributed by atoms with Gasteiger partial charge in [-0.3, -0.25) is 4.79 Å². The zero-order chi connectivity index (χ0) is 16.9. The smallest absolute Gasteiger partial charge is 0.329 e. The third-order valence-corrected chi connectivity index (χ3v) is 3.94. The van der Waals surface area contributed by atoms with Crippen molar-refractivity contribution in [3.63, 3.8) is 0 Å². The highest BCUT2D eigenvalue weighted by Gasteiger charge is 2.33. The number of benzene rings is 1. The Labute approximate surface area is 137 Å². The summed E-state index contributed by atoms with van der Waals surface area (Å²) < 4.78 is 11.2. The number of aliphatic carboxylic acids is 1. The lowest BCUT2D eigenvalue weighted by Crippen LogP contribution is -2.51. The average molecular weight is 374 g/mol. The maximum absolute atomic E-state index is 12.3. The van der Waals surface area contributed by atoms with Crippen molar-refractivity contribution in [3.8, 4) is 11.5 Å². The molecule has 0 fully saturated rings. The maximum Gasteiger partial charge on any atom is 0.329 e. The monoisotopic (exact) mass is 373 g/mol. The zero-order valence-corrected chi connectivity index (χ0v) is 14.6. The van der Waals surface area contributed by atoms with Crippen LogP contribution in [0.2, 0.25) is 0 Å². The minimum atomic E-state index is -1.32. The Balaban J connectivity index is 3.14. The number of carbonyl (C=O) groups excluding carboxylic acids is 1. The van der Waals surface area contributed by atoms with E-state index in [4.69, 9.17) is 9.47 Å². The van der Waals surface area contributed by atoms with Crippen LogP contribution < -0.4 is 14.8 Å². The first-order valence-electron chi connectivity index (χ1n) is 6.85. The fourth-order valence-corrected chi connectivity index (χ4v) is 2.31. The van der Waals surface area contributed by atoms with Gasteiger partial charge in [0.05, 0.1) is 18.2 Å². The number of carboxylic acid groups (broad SMARTS) is 1. The number of amides is 1. The van der Waals surface area contributed by atoms with Crippen LogP contribution in [-0.4, -0.2) is 36.2 Å². The summed E-state index contributed by atoms with van der Waals surface area (Å²) in [7, 11) is 1.47. The Kier molecular flexibility index (Phi) is 6.22. The van der Waals surface area contributed by atoms with E-state index < -0.39 is 17.4 Å². The van der Waals surface area contributed by atoms with Gasteiger partial charge < -0.3 is 19.9 Å². The van der Waals surface area contributed by atoms with Gasteiger partial charge >= 0.3 is 5.97 Å². The lowest BCUT2D eigenvalue weighted by molar-refractivity contribution is -0.143. The van der Waals surface area contributed by atoms with E-state index in [0.29, 0.717) is 22.6 Å². The number of halogens is 1. The Hall–Kier alpha value is -1.76. The van der Waals surface area contributed by atoms with E-state index >= 15 is 0 Å². The van der Waals surface area contributed by atoms with Crippen molar-refractivity contribution in [1.29, 1.82) is 0 Å². The summed E-state index contributed by atoms with van der Waals surface area (Å²) in [6.07, 6.45) is 0.267. The number of rotatable bonds is 7. The molecule has 0 radical (unpaired) electrons. The molecule has 0 aliphatic rings. The molecule has 0 bridgehead atoms. The second-order valence-corrected chi connectivity index (χ2v) is 5.72. The van der Waals surface area contributed by atoms with Crippen LogP contribution in [0.5, 0.6) is 11.5 Å². The van der Waals surface area contributed by atoms with E-state index in [0.717, 1.165) is 0 Å². The van der Waals surface area contributed by atoms with Crippen LogP contribution in [0.4, 0.5) is 0 Å². The maximum atomic E-state index is 12.3. The van der Waals surface area contributed by atoms with E-state index in [-0.39, 0.29) is 12.0 Å². The number of methoxy groups -OCH3 is 1. The topological polar surface area (TPSA) is 84.9 Å². The molecule has 0 spiro atoms. The summed E-state index contributed by atoms with van der Waals surface area (Å²) in [5.41, 5.74) is -1.04. The molecule has 1 unspecified atom stereocenters. The van der Waals surface area contributed by atoms with E-state index in [2.05, 4.69) is 21.2 Å². The number of nitrogens with one attached hydrogen (secondary N) is 1. The van der Waals surface area contributed by atoms with Crippen molar-refractivity contribution in [2.24, 2.45) is 0 Å². The fraction of sp³-hybridized carbons (Fsp3) is 0.467. The second-order valence-electron chi connectivity index (χ2n) is 4.87. The summed E-state index contributed by atoms with van der Waals surface area (Å²) in [5, 5.41) is 11.8. The highest BCUT2D eigenvalue weighted by atomic mass is 79.9. The van der Waals surface area contributed by atoms with Crippen molar-refractivity contribution in [2.75, 3.05) is 13.7 Å². The molecule has 7 heteroatoms. The van der Waals surface area contributed by atoms with Crippen molar-refractivity contribution >= 4 is 27.8 Å². The molecule has 0 aromatic heterocycles. The molecule has 0 aliphatic carbocycles. The van der Waals surface area contributed by atoms with Gasteiger partial charge in [-0.1, -0.05) is 6.92 Å². The number of hydrogen-bond acceptors (Lipinski definition) is 4. The van der Waals surface area contributed by atoms with Crippen LogP contribution in [0.25, 0.3) is 0 Å². The fourth-order valence-electron chi connectivity index (χ4n) is 1.75. The molecule has 22 heavy (non-hydrogen) atoms. The summed E-state index contributed by atoms with van der Waals surface area (Å²) in [4.78, 5) is 23.6. The molecule has 6 nitrogen and oxygen atoms in total. The van der Waals surface area contributed by atoms with E-state index in [1.54, 1.807) is 13.0 Å². The molecular formula is C15H20BrNO5. The molecule has 0 aliphatic heterocycles. The summed E-state index contributed by atoms with van der Waals surface area (Å²) in [6.45, 7) is 5.45. The number of carboxylic acids is 1. The average Bonchev–Trinajstić information content (AvgIpc) is 2.48. The summed E-state index contributed by atoms with van der Waals surface area (Å²) in [5.74, 6) is -0.679. The molecule has 1 amide bonds. The van der Waals surface area contributed by atoms with Crippen LogP contribution >= 0.6 is 15.9 Å². The standard InChI is InChI=1S/C15H20BrNO5/c1-5-15(3,14(19)20)17-13(18)9-7-10(16)12(22-6-2)11(8-9)21-4/h7-8H,5-6H2,1-4H3,(H,17,18)(H,19,20). The lowest BCUT2D eigenvalue weighted by atomic mass is 9.98. The number of carbonyl (C=O) groups is 2. The third-order valence-electron chi connectivity index (χ3n) is 3.35. The minimum absolute atomic E-state index is 0.267. The van der Waals surface area contributed by atoms with Crippen LogP contribution in [-0.2, 0) is 4.79 Å². The molecule has 1 rings (SSSR count). The Morgan fingerprint density at radius 1 is 1.36 bits per heavy atom. The van der Waals surface area contributed by atoms with Gasteiger partial charge in [0.1, 0.15) is 5.54 Å². The Morgan fingerprint density at radius 3 is 2.45 bits per heavy atom. The molecule has 0 saturated carbocycles. The van der Waals surface area contributed by atoms with Crippen LogP contribution in [0, 0.1) is 0 Å². The highest BCUT2D eigenvalue weighted by Crippen LogP contribution is 2.36. The first-order chi connectivity index (χ1) is 10.3. The van der Waals surface area contributed by atoms with E-state index in [1.165, 1.54) is 20.1 Å². The van der Waals surface area contributed by atoms with Gasteiger partial charge in [0, 0.05) is 5.56 Å². The van der Waals surface area contributed by atoms with Gasteiger partial charge in [0.15, 0.2) is 11.5 Å².